The Hall–Kier alpha value is -2.55. The second kappa shape index (κ2) is 9.09. The normalized spacial score (nSPS) is 22.0. The minimum absolute atomic E-state index is 0.0351. The number of hydrogen-bond donors (Lipinski definition) is 2. The third-order valence-electron chi connectivity index (χ3n) is 5.55. The molecule has 0 aromatic carbocycles. The molecule has 1 saturated heterocycles. The minimum atomic E-state index is -0.807. The van der Waals surface area contributed by atoms with Crippen LogP contribution in [0.4, 0.5) is 10.6 Å². The van der Waals surface area contributed by atoms with E-state index in [4.69, 9.17) is 9.84 Å². The third-order valence-corrected chi connectivity index (χ3v) is 5.55. The van der Waals surface area contributed by atoms with Crippen LogP contribution in [0.15, 0.2) is 18.3 Å². The zero-order chi connectivity index (χ0) is 20.1. The number of pyridine rings is 1. The van der Waals surface area contributed by atoms with E-state index in [1.807, 2.05) is 28.9 Å². The van der Waals surface area contributed by atoms with Crippen molar-refractivity contribution in [3.63, 3.8) is 0 Å². The first kappa shape index (κ1) is 20.2. The van der Waals surface area contributed by atoms with Gasteiger partial charge in [0.2, 0.25) is 0 Å². The average Bonchev–Trinajstić information content (AvgIpc) is 2.68. The minimum Gasteiger partial charge on any atom is -0.495 e. The maximum Gasteiger partial charge on any atom is 0.317 e. The second-order valence-corrected chi connectivity index (χ2v) is 7.26. The van der Waals surface area contributed by atoms with Gasteiger partial charge in [0.25, 0.3) is 0 Å². The van der Waals surface area contributed by atoms with Gasteiger partial charge in [0.15, 0.2) is 0 Å². The number of amides is 2. The summed E-state index contributed by atoms with van der Waals surface area (Å²) in [7, 11) is 1.62. The topological polar surface area (TPSA) is 98.2 Å². The molecule has 2 amide bonds. The van der Waals surface area contributed by atoms with Crippen LogP contribution in [0.2, 0.25) is 0 Å². The van der Waals surface area contributed by atoms with Crippen LogP contribution in [0.3, 0.4) is 0 Å². The van der Waals surface area contributed by atoms with Crippen LogP contribution in [0.5, 0.6) is 5.75 Å². The lowest BCUT2D eigenvalue weighted by atomic mass is 9.85. The smallest absolute Gasteiger partial charge is 0.317 e. The molecule has 0 atom stereocenters. The second-order valence-electron chi connectivity index (χ2n) is 7.26. The largest absolute Gasteiger partial charge is 0.495 e. The molecule has 1 aromatic heterocycles. The molecule has 0 bridgehead atoms. The molecule has 2 aliphatic rings. The number of nitrogens with one attached hydrogen (secondary N) is 1. The van der Waals surface area contributed by atoms with Gasteiger partial charge >= 0.3 is 12.0 Å². The van der Waals surface area contributed by atoms with Crippen molar-refractivity contribution in [3.8, 4) is 5.75 Å². The number of aliphatic carboxylic acids is 1. The Labute approximate surface area is 165 Å². The summed E-state index contributed by atoms with van der Waals surface area (Å²) in [5.41, 5.74) is 0. The summed E-state index contributed by atoms with van der Waals surface area (Å²) in [6.45, 7) is 5.50. The van der Waals surface area contributed by atoms with Crippen molar-refractivity contribution in [2.24, 2.45) is 0 Å². The zero-order valence-electron chi connectivity index (χ0n) is 16.5. The molecule has 154 valence electrons. The van der Waals surface area contributed by atoms with E-state index >= 15 is 0 Å². The Morgan fingerprint density at radius 3 is 2.54 bits per heavy atom. The number of nitrogens with zero attached hydrogens (tertiary/aromatic N) is 4. The maximum atomic E-state index is 12.5. The number of carbonyl (C=O) groups is 2. The molecule has 2 N–H and O–H groups in total. The average molecular weight is 391 g/mol. The number of carbonyl (C=O) groups excluding carboxylic acids is 1. The van der Waals surface area contributed by atoms with Gasteiger partial charge in [-0.05, 0) is 31.5 Å². The van der Waals surface area contributed by atoms with Crippen LogP contribution < -0.4 is 15.0 Å². The van der Waals surface area contributed by atoms with Gasteiger partial charge in [-0.3, -0.25) is 9.69 Å². The standard InChI is InChI=1S/C19H29N5O4/c1-3-22(13-18(25)26)15-10-14(11-15)21-19(27)24-8-6-23(7-9-24)17-5-4-16(28-2)12-20-17/h4-5,12,14-15H,3,6-11,13H2,1-2H3,(H,21,27)(H,25,26). The van der Waals surface area contributed by atoms with Gasteiger partial charge in [-0.1, -0.05) is 6.92 Å². The number of carboxylic acids is 1. The molecule has 2 heterocycles. The van der Waals surface area contributed by atoms with E-state index < -0.39 is 5.97 Å². The zero-order valence-corrected chi connectivity index (χ0v) is 16.5. The van der Waals surface area contributed by atoms with Crippen LogP contribution in [-0.2, 0) is 4.79 Å². The number of rotatable bonds is 7. The van der Waals surface area contributed by atoms with Gasteiger partial charge in [0.05, 0.1) is 19.9 Å². The molecule has 9 nitrogen and oxygen atoms in total. The lowest BCUT2D eigenvalue weighted by molar-refractivity contribution is -0.139. The number of likely N-dealkylation sites (N-methyl/N-ethyl adjacent to an activating group) is 1. The van der Waals surface area contributed by atoms with E-state index in [9.17, 15) is 9.59 Å². The molecule has 0 unspecified atom stereocenters. The Bertz CT molecular complexity index is 669. The van der Waals surface area contributed by atoms with E-state index in [2.05, 4.69) is 15.2 Å². The Balaban J connectivity index is 1.40. The van der Waals surface area contributed by atoms with E-state index in [0.717, 1.165) is 37.5 Å². The predicted octanol–water partition coefficient (Wildman–Crippen LogP) is 0.859. The van der Waals surface area contributed by atoms with Gasteiger partial charge < -0.3 is 25.0 Å². The lowest BCUT2D eigenvalue weighted by Gasteiger charge is -2.43. The first-order chi connectivity index (χ1) is 13.5. The molecular weight excluding hydrogens is 362 g/mol. The van der Waals surface area contributed by atoms with Gasteiger partial charge in [-0.2, -0.15) is 0 Å². The Morgan fingerprint density at radius 1 is 1.29 bits per heavy atom. The summed E-state index contributed by atoms with van der Waals surface area (Å²) in [5.74, 6) is 0.810. The Kier molecular flexibility index (Phi) is 6.56. The molecule has 1 saturated carbocycles. The van der Waals surface area contributed by atoms with Crippen molar-refractivity contribution >= 4 is 17.8 Å². The monoisotopic (exact) mass is 391 g/mol. The number of aromatic nitrogens is 1. The number of ether oxygens (including phenoxy) is 1. The van der Waals surface area contributed by atoms with Crippen molar-refractivity contribution in [2.75, 3.05) is 51.3 Å². The van der Waals surface area contributed by atoms with Crippen LogP contribution in [0.25, 0.3) is 0 Å². The van der Waals surface area contributed by atoms with Crippen molar-refractivity contribution in [1.82, 2.24) is 20.1 Å². The van der Waals surface area contributed by atoms with Gasteiger partial charge in [0, 0.05) is 38.3 Å². The SMILES string of the molecule is CCN(CC(=O)O)C1CC(NC(=O)N2CCN(c3ccc(OC)cn3)CC2)C1. The van der Waals surface area contributed by atoms with E-state index in [1.54, 1.807) is 13.3 Å². The quantitative estimate of drug-likeness (QED) is 0.711. The molecule has 1 aliphatic carbocycles. The van der Waals surface area contributed by atoms with Gasteiger partial charge in [-0.25, -0.2) is 9.78 Å². The van der Waals surface area contributed by atoms with Gasteiger partial charge in [-0.15, -0.1) is 0 Å². The van der Waals surface area contributed by atoms with Crippen molar-refractivity contribution in [2.45, 2.75) is 31.8 Å². The molecule has 0 spiro atoms. The summed E-state index contributed by atoms with van der Waals surface area (Å²) in [4.78, 5) is 33.8. The van der Waals surface area contributed by atoms with E-state index in [0.29, 0.717) is 19.6 Å². The van der Waals surface area contributed by atoms with Crippen molar-refractivity contribution in [1.29, 1.82) is 0 Å². The summed E-state index contributed by atoms with van der Waals surface area (Å²) >= 11 is 0. The van der Waals surface area contributed by atoms with Crippen LogP contribution in [-0.4, -0.2) is 90.4 Å². The number of urea groups is 1. The first-order valence-electron chi connectivity index (χ1n) is 9.76. The predicted molar refractivity (Wildman–Crippen MR) is 105 cm³/mol. The van der Waals surface area contributed by atoms with Crippen LogP contribution >= 0.6 is 0 Å². The summed E-state index contributed by atoms with van der Waals surface area (Å²) in [5, 5.41) is 12.0. The highest BCUT2D eigenvalue weighted by Crippen LogP contribution is 2.26. The molecule has 9 heteroatoms. The third kappa shape index (κ3) is 4.83. The molecule has 2 fully saturated rings. The first-order valence-corrected chi connectivity index (χ1v) is 9.76. The van der Waals surface area contributed by atoms with E-state index in [1.165, 1.54) is 0 Å². The summed E-state index contributed by atoms with van der Waals surface area (Å²) in [6.07, 6.45) is 3.32. The fourth-order valence-electron chi connectivity index (χ4n) is 3.76. The Morgan fingerprint density at radius 2 is 2.00 bits per heavy atom. The fourth-order valence-corrected chi connectivity index (χ4v) is 3.76. The molecular formula is C19H29N5O4. The maximum absolute atomic E-state index is 12.5. The van der Waals surface area contributed by atoms with Crippen molar-refractivity contribution in [3.05, 3.63) is 18.3 Å². The summed E-state index contributed by atoms with van der Waals surface area (Å²) in [6, 6.07) is 4.15. The fraction of sp³-hybridized carbons (Fsp3) is 0.632. The molecule has 1 aliphatic heterocycles. The molecule has 0 radical (unpaired) electrons. The summed E-state index contributed by atoms with van der Waals surface area (Å²) < 4.78 is 5.13. The van der Waals surface area contributed by atoms with Crippen molar-refractivity contribution < 1.29 is 19.4 Å². The number of piperazine rings is 1. The van der Waals surface area contributed by atoms with Crippen LogP contribution in [0.1, 0.15) is 19.8 Å². The number of hydrogen-bond acceptors (Lipinski definition) is 6. The number of anilines is 1. The molecule has 1 aromatic rings. The highest BCUT2D eigenvalue weighted by molar-refractivity contribution is 5.75. The van der Waals surface area contributed by atoms with E-state index in [-0.39, 0.29) is 24.7 Å². The van der Waals surface area contributed by atoms with Gasteiger partial charge in [0.1, 0.15) is 11.6 Å². The highest BCUT2D eigenvalue weighted by atomic mass is 16.5. The number of methoxy groups -OCH3 is 1. The lowest BCUT2D eigenvalue weighted by Crippen LogP contribution is -2.59. The number of carboxylic acid groups (broad SMARTS) is 1. The molecule has 3 rings (SSSR count). The highest BCUT2D eigenvalue weighted by Gasteiger charge is 2.35. The van der Waals surface area contributed by atoms with Crippen LogP contribution in [0, 0.1) is 0 Å². The molecule has 28 heavy (non-hydrogen) atoms.